The van der Waals surface area contributed by atoms with Crippen LogP contribution in [0.15, 0.2) is 30.0 Å². The largest absolute Gasteiger partial charge is 0.386 e. The van der Waals surface area contributed by atoms with E-state index in [-0.39, 0.29) is 29.4 Å². The van der Waals surface area contributed by atoms with Gasteiger partial charge in [0.05, 0.1) is 31.6 Å². The van der Waals surface area contributed by atoms with Crippen LogP contribution in [0.3, 0.4) is 0 Å². The van der Waals surface area contributed by atoms with E-state index in [1.807, 2.05) is 0 Å². The van der Waals surface area contributed by atoms with E-state index in [2.05, 4.69) is 42.2 Å². The van der Waals surface area contributed by atoms with E-state index >= 15 is 4.39 Å². The van der Waals surface area contributed by atoms with Crippen molar-refractivity contribution in [2.45, 2.75) is 49.8 Å². The molecule has 5 N–H and O–H groups in total. The minimum absolute atomic E-state index is 0.0813. The zero-order chi connectivity index (χ0) is 30.5. The van der Waals surface area contributed by atoms with Crippen LogP contribution in [-0.2, 0) is 33.4 Å². The van der Waals surface area contributed by atoms with Gasteiger partial charge in [-0.2, -0.15) is 18.1 Å². The average molecular weight is 663 g/mol. The Morgan fingerprint density at radius 3 is 2.81 bits per heavy atom. The Morgan fingerprint density at radius 1 is 1.23 bits per heavy atom. The Kier molecular flexibility index (Phi) is 7.98. The molecule has 6 heterocycles. The third-order valence-electron chi connectivity index (χ3n) is 6.77. The number of imidazole rings is 2. The maximum atomic E-state index is 15.8. The molecule has 1 unspecified atom stereocenters. The SMILES string of the molecule is Nc1nc2c(ncn2[C@H]2CC[C@@H](COP(=O)(S)O[C@H]3[C@@H](F)[C@H](n4cnc5cncnc54)O[C@@H]3CNS(=O)(=O)O)O2)c(=O)[nH]1. The molecule has 0 bridgehead atoms. The second-order valence-corrected chi connectivity index (χ2v) is 13.7. The molecule has 0 saturated carbocycles. The quantitative estimate of drug-likeness (QED) is 0.0869. The molecule has 2 aliphatic rings. The standard InChI is InChI=1S/C20H24FN10O9PS2/c21-13-15(11(4-27-43(34,35)36)39-19(13)31-7-25-10-3-23-6-24-16(10)31)40-41(33,42)37-5-9-1-2-12(38-9)30-8-26-14-17(30)28-20(22)29-18(14)32/h3,6-9,11-13,15,19,27H,1-2,4-5H2,(H,33,42)(H,34,35,36)(H3,22,28,29,32)/t9-,11+,12+,13+,15+,19+,41?/m0/s1. The maximum absolute atomic E-state index is 15.8. The van der Waals surface area contributed by atoms with Crippen molar-refractivity contribution in [2.24, 2.45) is 0 Å². The number of nitrogen functional groups attached to an aromatic ring is 1. The van der Waals surface area contributed by atoms with Gasteiger partial charge in [-0.1, -0.05) is 12.2 Å². The number of fused-ring (bicyclic) bond motifs is 2. The number of thiol groups is 1. The summed E-state index contributed by atoms with van der Waals surface area (Å²) in [6.45, 7) is -5.21. The van der Waals surface area contributed by atoms with Crippen molar-refractivity contribution in [3.8, 4) is 0 Å². The highest BCUT2D eigenvalue weighted by Gasteiger charge is 2.50. The number of hydrogen-bond donors (Lipinski definition) is 5. The molecule has 23 heteroatoms. The fourth-order valence-electron chi connectivity index (χ4n) is 4.90. The van der Waals surface area contributed by atoms with E-state index in [4.69, 9.17) is 28.8 Å². The molecule has 6 rings (SSSR count). The molecule has 43 heavy (non-hydrogen) atoms. The summed E-state index contributed by atoms with van der Waals surface area (Å²) in [5, 5.41) is 0. The number of aromatic nitrogens is 8. The Hall–Kier alpha value is -3.08. The molecule has 0 radical (unpaired) electrons. The van der Waals surface area contributed by atoms with Crippen molar-refractivity contribution in [2.75, 3.05) is 18.9 Å². The molecule has 4 aromatic rings. The smallest absolute Gasteiger partial charge is 0.369 e. The molecule has 0 amide bonds. The number of hydrogen-bond acceptors (Lipinski definition) is 14. The molecular weight excluding hydrogens is 638 g/mol. The fourth-order valence-corrected chi connectivity index (χ4v) is 6.77. The van der Waals surface area contributed by atoms with Crippen molar-refractivity contribution in [3.63, 3.8) is 0 Å². The van der Waals surface area contributed by atoms with Gasteiger partial charge >= 0.3 is 17.1 Å². The summed E-state index contributed by atoms with van der Waals surface area (Å²) in [6, 6.07) is 0. The third kappa shape index (κ3) is 6.28. The highest BCUT2D eigenvalue weighted by atomic mass is 32.7. The average Bonchev–Trinajstić information content (AvgIpc) is 3.72. The number of ether oxygens (including phenoxy) is 2. The van der Waals surface area contributed by atoms with Crippen molar-refractivity contribution in [1.82, 2.24) is 43.8 Å². The molecule has 0 aromatic carbocycles. The predicted octanol–water partition coefficient (Wildman–Crippen LogP) is 0.287. The molecule has 19 nitrogen and oxygen atoms in total. The number of aromatic amines is 1. The van der Waals surface area contributed by atoms with E-state index in [1.165, 1.54) is 29.7 Å². The van der Waals surface area contributed by atoms with Gasteiger partial charge < -0.3 is 15.2 Å². The van der Waals surface area contributed by atoms with Gasteiger partial charge in [0.1, 0.15) is 30.3 Å². The predicted molar refractivity (Wildman–Crippen MR) is 147 cm³/mol. The zero-order valence-electron chi connectivity index (χ0n) is 21.7. The molecule has 0 aliphatic carbocycles. The lowest BCUT2D eigenvalue weighted by molar-refractivity contribution is -0.0241. The first kappa shape index (κ1) is 30.0. The van der Waals surface area contributed by atoms with Gasteiger partial charge in [0.25, 0.3) is 5.56 Å². The number of alkyl halides is 1. The van der Waals surface area contributed by atoms with Crippen LogP contribution >= 0.6 is 19.0 Å². The van der Waals surface area contributed by atoms with Gasteiger partial charge in [-0.05, 0) is 12.8 Å². The summed E-state index contributed by atoms with van der Waals surface area (Å²) in [7, 11) is -4.69. The second kappa shape index (κ2) is 11.4. The number of rotatable bonds is 10. The Bertz CT molecular complexity index is 1870. The number of nitrogens with one attached hydrogen (secondary N) is 2. The molecule has 2 saturated heterocycles. The lowest BCUT2D eigenvalue weighted by atomic mass is 10.1. The molecular formula is C20H24FN10O9PS2. The maximum Gasteiger partial charge on any atom is 0.386 e. The van der Waals surface area contributed by atoms with Crippen LogP contribution in [0.1, 0.15) is 25.3 Å². The van der Waals surface area contributed by atoms with Gasteiger partial charge in [0.15, 0.2) is 29.2 Å². The van der Waals surface area contributed by atoms with Gasteiger partial charge in [-0.25, -0.2) is 28.9 Å². The summed E-state index contributed by atoms with van der Waals surface area (Å²) >= 11 is 3.99. The molecule has 2 aliphatic heterocycles. The second-order valence-electron chi connectivity index (χ2n) is 9.62. The molecule has 232 valence electrons. The lowest BCUT2D eigenvalue weighted by Crippen LogP contribution is -2.39. The Morgan fingerprint density at radius 2 is 2.02 bits per heavy atom. The van der Waals surface area contributed by atoms with E-state index in [1.54, 1.807) is 9.29 Å². The topological polar surface area (TPSA) is 254 Å². The van der Waals surface area contributed by atoms with Crippen molar-refractivity contribution < 1.29 is 40.4 Å². The highest BCUT2D eigenvalue weighted by Crippen LogP contribution is 2.57. The number of halogens is 1. The van der Waals surface area contributed by atoms with Crippen LogP contribution in [0.2, 0.25) is 0 Å². The Balaban J connectivity index is 1.13. The van der Waals surface area contributed by atoms with Gasteiger partial charge in [0, 0.05) is 6.54 Å². The van der Waals surface area contributed by atoms with Crippen LogP contribution in [-0.4, -0.2) is 89.6 Å². The van der Waals surface area contributed by atoms with Crippen molar-refractivity contribution in [3.05, 3.63) is 35.5 Å². The van der Waals surface area contributed by atoms with Crippen LogP contribution in [0.25, 0.3) is 22.3 Å². The fraction of sp³-hybridized carbons (Fsp3) is 0.500. The first-order chi connectivity index (χ1) is 20.4. The number of anilines is 1. The zero-order valence-corrected chi connectivity index (χ0v) is 24.3. The van der Waals surface area contributed by atoms with Gasteiger partial charge in [0.2, 0.25) is 5.95 Å². The normalized spacial score (nSPS) is 27.7. The monoisotopic (exact) mass is 662 g/mol. The molecule has 7 atom stereocenters. The first-order valence-electron chi connectivity index (χ1n) is 12.6. The number of nitrogens with two attached hydrogens (primary N) is 1. The minimum Gasteiger partial charge on any atom is -0.369 e. The van der Waals surface area contributed by atoms with E-state index in [9.17, 15) is 17.8 Å². The van der Waals surface area contributed by atoms with Crippen LogP contribution < -0.4 is 16.0 Å². The van der Waals surface area contributed by atoms with Crippen molar-refractivity contribution in [1.29, 1.82) is 0 Å². The summed E-state index contributed by atoms with van der Waals surface area (Å²) in [5.41, 5.74) is 6.00. The van der Waals surface area contributed by atoms with Gasteiger partial charge in [-0.3, -0.25) is 32.5 Å². The summed E-state index contributed by atoms with van der Waals surface area (Å²) in [5.74, 6) is -0.0887. The summed E-state index contributed by atoms with van der Waals surface area (Å²) in [4.78, 5) is 34.6. The van der Waals surface area contributed by atoms with E-state index in [0.717, 1.165) is 0 Å². The van der Waals surface area contributed by atoms with E-state index < -0.39 is 66.1 Å². The molecule has 0 spiro atoms. The summed E-state index contributed by atoms with van der Waals surface area (Å²) in [6.07, 6.45) is -1.53. The van der Waals surface area contributed by atoms with Crippen LogP contribution in [0, 0.1) is 0 Å². The van der Waals surface area contributed by atoms with Gasteiger partial charge in [-0.15, -0.1) is 0 Å². The lowest BCUT2D eigenvalue weighted by Gasteiger charge is -2.24. The number of nitrogens with zero attached hydrogens (tertiary/aromatic N) is 7. The molecule has 4 aromatic heterocycles. The van der Waals surface area contributed by atoms with Crippen molar-refractivity contribution >= 4 is 57.6 Å². The van der Waals surface area contributed by atoms with E-state index in [0.29, 0.717) is 18.4 Å². The highest BCUT2D eigenvalue weighted by molar-refractivity contribution is 8.44. The van der Waals surface area contributed by atoms with Crippen LogP contribution in [0.4, 0.5) is 10.3 Å². The summed E-state index contributed by atoms with van der Waals surface area (Å²) < 4.78 is 87.9. The molecule has 2 fully saturated rings. The Labute approximate surface area is 245 Å². The minimum atomic E-state index is -4.69. The van der Waals surface area contributed by atoms with Crippen LogP contribution in [0.5, 0.6) is 0 Å². The first-order valence-corrected chi connectivity index (χ1v) is 16.7. The number of H-pyrrole nitrogens is 1. The third-order valence-corrected chi connectivity index (χ3v) is 8.92.